The molecule has 2 aromatic carbocycles. The van der Waals surface area contributed by atoms with Gasteiger partial charge in [0.25, 0.3) is 0 Å². The molecule has 0 aliphatic heterocycles. The van der Waals surface area contributed by atoms with E-state index in [1.165, 1.54) is 7.11 Å². The first-order valence-electron chi connectivity index (χ1n) is 6.58. The highest BCUT2D eigenvalue weighted by Crippen LogP contribution is 2.28. The topological polar surface area (TPSA) is 111 Å². The van der Waals surface area contributed by atoms with Gasteiger partial charge in [0.15, 0.2) is 11.5 Å². The van der Waals surface area contributed by atoms with E-state index >= 15 is 0 Å². The number of nitrogen functional groups attached to an aromatic ring is 1. The Hall–Kier alpha value is -1.90. The second-order valence-corrected chi connectivity index (χ2v) is 4.57. The van der Waals surface area contributed by atoms with Gasteiger partial charge in [-0.05, 0) is 35.9 Å². The summed E-state index contributed by atoms with van der Waals surface area (Å²) in [4.78, 5) is 12.1. The first kappa shape index (κ1) is 22.1. The van der Waals surface area contributed by atoms with Gasteiger partial charge in [0.1, 0.15) is 5.84 Å². The number of esters is 1. The molecular weight excluding hydrogens is 442 g/mol. The van der Waals surface area contributed by atoms with Crippen molar-refractivity contribution < 1.29 is 14.3 Å². The Morgan fingerprint density at radius 3 is 2.12 bits per heavy atom. The predicted octanol–water partition coefficient (Wildman–Crippen LogP) is 2.81. The number of ether oxygens (including phenoxy) is 2. The average molecular weight is 461 g/mol. The number of hydrogen-bond acceptors (Lipinski definition) is 5. The second kappa shape index (κ2) is 10.1. The summed E-state index contributed by atoms with van der Waals surface area (Å²) in [5, 5.41) is 7.40. The zero-order chi connectivity index (χ0) is 16.1. The predicted molar refractivity (Wildman–Crippen MR) is 104 cm³/mol. The van der Waals surface area contributed by atoms with Crippen LogP contribution in [0.3, 0.4) is 0 Å². The van der Waals surface area contributed by atoms with Gasteiger partial charge in [0.05, 0.1) is 12.7 Å². The Balaban J connectivity index is 0.00000264. The normalized spacial score (nSPS) is 9.25. The highest BCUT2D eigenvalue weighted by atomic mass is 79.9. The van der Waals surface area contributed by atoms with Crippen molar-refractivity contribution in [1.82, 2.24) is 0 Å². The van der Waals surface area contributed by atoms with Gasteiger partial charge in [0, 0.05) is 12.1 Å². The summed E-state index contributed by atoms with van der Waals surface area (Å²) in [6.45, 7) is 0.412. The van der Waals surface area contributed by atoms with Crippen LogP contribution < -0.4 is 20.9 Å². The van der Waals surface area contributed by atoms with E-state index in [0.29, 0.717) is 23.4 Å². The van der Waals surface area contributed by atoms with Crippen molar-refractivity contribution in [3.8, 4) is 11.5 Å². The van der Waals surface area contributed by atoms with Crippen molar-refractivity contribution in [2.75, 3.05) is 7.11 Å². The number of nitrogens with two attached hydrogens (primary N) is 2. The summed E-state index contributed by atoms with van der Waals surface area (Å²) >= 11 is 0. The monoisotopic (exact) mass is 459 g/mol. The molecule has 0 aliphatic carbocycles. The Labute approximate surface area is 161 Å². The van der Waals surface area contributed by atoms with Gasteiger partial charge in [-0.25, -0.2) is 4.79 Å². The lowest BCUT2D eigenvalue weighted by molar-refractivity contribution is 0.0729. The van der Waals surface area contributed by atoms with Crippen molar-refractivity contribution in [1.29, 1.82) is 5.41 Å². The van der Waals surface area contributed by atoms with Gasteiger partial charge < -0.3 is 20.9 Å². The van der Waals surface area contributed by atoms with E-state index in [1.54, 1.807) is 42.5 Å². The van der Waals surface area contributed by atoms with Crippen molar-refractivity contribution in [2.45, 2.75) is 6.54 Å². The summed E-state index contributed by atoms with van der Waals surface area (Å²) in [5.74, 6) is 0.00558. The molecular formula is C16H19Br2N3O3. The molecule has 0 saturated heterocycles. The minimum absolute atomic E-state index is 0. The molecule has 0 bridgehead atoms. The SMILES string of the molecule is Br.Br.COc1cc(C(=N)N)ccc1OC(=O)c1ccc(CN)cc1. The lowest BCUT2D eigenvalue weighted by Crippen LogP contribution is -2.12. The maximum Gasteiger partial charge on any atom is 0.343 e. The van der Waals surface area contributed by atoms with Crippen molar-refractivity contribution in [3.05, 3.63) is 59.2 Å². The van der Waals surface area contributed by atoms with Crippen LogP contribution in [-0.4, -0.2) is 18.9 Å². The molecule has 130 valence electrons. The summed E-state index contributed by atoms with van der Waals surface area (Å²) in [6, 6.07) is 11.5. The first-order valence-corrected chi connectivity index (χ1v) is 6.58. The second-order valence-electron chi connectivity index (χ2n) is 4.57. The number of methoxy groups -OCH3 is 1. The third-order valence-corrected chi connectivity index (χ3v) is 3.10. The van der Waals surface area contributed by atoms with Crippen LogP contribution in [0.2, 0.25) is 0 Å². The third kappa shape index (κ3) is 5.33. The van der Waals surface area contributed by atoms with Crippen LogP contribution in [0.1, 0.15) is 21.5 Å². The van der Waals surface area contributed by atoms with Crippen molar-refractivity contribution in [3.63, 3.8) is 0 Å². The highest BCUT2D eigenvalue weighted by Gasteiger charge is 2.13. The summed E-state index contributed by atoms with van der Waals surface area (Å²) in [7, 11) is 1.45. The molecule has 0 fully saturated rings. The molecule has 2 aromatic rings. The van der Waals surface area contributed by atoms with Crippen molar-refractivity contribution in [2.24, 2.45) is 11.5 Å². The number of carbonyl (C=O) groups excluding carboxylic acids is 1. The van der Waals surface area contributed by atoms with Crippen LogP contribution in [0.15, 0.2) is 42.5 Å². The molecule has 0 radical (unpaired) electrons. The van der Waals surface area contributed by atoms with Gasteiger partial charge in [-0.15, -0.1) is 34.0 Å². The molecule has 0 spiro atoms. The smallest absolute Gasteiger partial charge is 0.343 e. The van der Waals surface area contributed by atoms with Gasteiger partial charge in [-0.2, -0.15) is 0 Å². The van der Waals surface area contributed by atoms with Crippen LogP contribution >= 0.6 is 34.0 Å². The summed E-state index contributed by atoms with van der Waals surface area (Å²) in [6.07, 6.45) is 0. The van der Waals surface area contributed by atoms with E-state index in [2.05, 4.69) is 0 Å². The van der Waals surface area contributed by atoms with Crippen LogP contribution in [0.4, 0.5) is 0 Å². The van der Waals surface area contributed by atoms with E-state index in [4.69, 9.17) is 26.4 Å². The van der Waals surface area contributed by atoms with E-state index < -0.39 is 5.97 Å². The number of benzene rings is 2. The lowest BCUT2D eigenvalue weighted by Gasteiger charge is -2.10. The molecule has 0 atom stereocenters. The molecule has 6 nitrogen and oxygen atoms in total. The molecule has 24 heavy (non-hydrogen) atoms. The largest absolute Gasteiger partial charge is 0.493 e. The van der Waals surface area contributed by atoms with Crippen LogP contribution in [0, 0.1) is 5.41 Å². The van der Waals surface area contributed by atoms with Gasteiger partial charge >= 0.3 is 5.97 Å². The maximum atomic E-state index is 12.1. The highest BCUT2D eigenvalue weighted by molar-refractivity contribution is 8.93. The molecule has 0 aliphatic rings. The molecule has 0 aromatic heterocycles. The van der Waals surface area contributed by atoms with E-state index in [1.807, 2.05) is 0 Å². The number of carbonyl (C=O) groups is 1. The molecule has 0 unspecified atom stereocenters. The van der Waals surface area contributed by atoms with Crippen LogP contribution in [0.5, 0.6) is 11.5 Å². The van der Waals surface area contributed by atoms with Gasteiger partial charge in [-0.3, -0.25) is 5.41 Å². The number of nitrogens with one attached hydrogen (secondary N) is 1. The Morgan fingerprint density at radius 1 is 1.04 bits per heavy atom. The molecule has 8 heteroatoms. The quantitative estimate of drug-likeness (QED) is 0.275. The minimum Gasteiger partial charge on any atom is -0.493 e. The zero-order valence-electron chi connectivity index (χ0n) is 12.9. The standard InChI is InChI=1S/C16H17N3O3.2BrH/c1-21-14-8-12(15(18)19)6-7-13(14)22-16(20)11-4-2-10(9-17)3-5-11;;/h2-8H,9,17H2,1H3,(H3,18,19);2*1H. The molecule has 2 rings (SSSR count). The number of hydrogen-bond donors (Lipinski definition) is 3. The average Bonchev–Trinajstić information content (AvgIpc) is 2.55. The van der Waals surface area contributed by atoms with Crippen LogP contribution in [0.25, 0.3) is 0 Å². The van der Waals surface area contributed by atoms with E-state index in [9.17, 15) is 4.79 Å². The fraction of sp³-hybridized carbons (Fsp3) is 0.125. The molecule has 0 heterocycles. The lowest BCUT2D eigenvalue weighted by atomic mass is 10.1. The first-order chi connectivity index (χ1) is 10.5. The summed E-state index contributed by atoms with van der Waals surface area (Å²) in [5.41, 5.74) is 12.8. The minimum atomic E-state index is -0.502. The van der Waals surface area contributed by atoms with Crippen LogP contribution in [-0.2, 0) is 6.54 Å². The molecule has 5 N–H and O–H groups in total. The third-order valence-electron chi connectivity index (χ3n) is 3.10. The number of halogens is 2. The molecule has 0 saturated carbocycles. The van der Waals surface area contributed by atoms with Gasteiger partial charge in [0.2, 0.25) is 0 Å². The Morgan fingerprint density at radius 2 is 1.62 bits per heavy atom. The fourth-order valence-electron chi connectivity index (χ4n) is 1.86. The Bertz CT molecular complexity index is 706. The Kier molecular flexibility index (Phi) is 9.27. The fourth-order valence-corrected chi connectivity index (χ4v) is 1.86. The van der Waals surface area contributed by atoms with Gasteiger partial charge in [-0.1, -0.05) is 12.1 Å². The maximum absolute atomic E-state index is 12.1. The number of rotatable bonds is 5. The number of amidine groups is 1. The molecule has 0 amide bonds. The van der Waals surface area contributed by atoms with Crippen molar-refractivity contribution >= 4 is 45.8 Å². The van der Waals surface area contributed by atoms with E-state index in [-0.39, 0.29) is 45.5 Å². The zero-order valence-corrected chi connectivity index (χ0v) is 16.4. The summed E-state index contributed by atoms with van der Waals surface area (Å²) < 4.78 is 10.5. The van der Waals surface area contributed by atoms with E-state index in [0.717, 1.165) is 5.56 Å².